The van der Waals surface area contributed by atoms with Gasteiger partial charge in [-0.2, -0.15) is 9.88 Å². The molecule has 0 saturated heterocycles. The largest absolute Gasteiger partial charge is 0.491 e. The second-order valence-electron chi connectivity index (χ2n) is 5.57. The second-order valence-corrected chi connectivity index (χ2v) is 7.92. The predicted octanol–water partition coefficient (Wildman–Crippen LogP) is 4.11. The monoisotopic (exact) mass is 370 g/mol. The highest BCUT2D eigenvalue weighted by Gasteiger charge is 2.50. The van der Waals surface area contributed by atoms with Gasteiger partial charge in [0.15, 0.2) is 0 Å². The molecule has 130 valence electrons. The lowest BCUT2D eigenvalue weighted by Gasteiger charge is -2.33. The van der Waals surface area contributed by atoms with Crippen molar-refractivity contribution in [3.8, 4) is 5.75 Å². The van der Waals surface area contributed by atoms with Crippen molar-refractivity contribution in [2.75, 3.05) is 26.4 Å². The fraction of sp³-hybridized carbons (Fsp3) is 0.438. The molecule has 0 aliphatic carbocycles. The van der Waals surface area contributed by atoms with E-state index in [0.717, 1.165) is 11.3 Å². The normalized spacial score (nSPS) is 22.5. The summed E-state index contributed by atoms with van der Waals surface area (Å²) >= 11 is 6.04. The van der Waals surface area contributed by atoms with Crippen molar-refractivity contribution in [3.05, 3.63) is 41.4 Å². The van der Waals surface area contributed by atoms with E-state index in [4.69, 9.17) is 25.4 Å². The summed E-state index contributed by atoms with van der Waals surface area (Å²) in [7, 11) is -3.50. The number of hydrogen-bond acceptors (Lipinski definition) is 5. The van der Waals surface area contributed by atoms with Gasteiger partial charge in [-0.1, -0.05) is 17.7 Å². The fourth-order valence-corrected chi connectivity index (χ4v) is 4.67. The van der Waals surface area contributed by atoms with Crippen LogP contribution in [0.1, 0.15) is 19.4 Å². The lowest BCUT2D eigenvalue weighted by atomic mass is 9.79. The van der Waals surface area contributed by atoms with E-state index in [2.05, 4.69) is 11.7 Å². The molecular weight excluding hydrogens is 351 g/mol. The van der Waals surface area contributed by atoms with Crippen LogP contribution in [0.15, 0.2) is 36.0 Å². The van der Waals surface area contributed by atoms with Gasteiger partial charge in [0.25, 0.3) is 0 Å². The Morgan fingerprint density at radius 1 is 1.46 bits per heavy atom. The van der Waals surface area contributed by atoms with Crippen molar-refractivity contribution in [1.29, 1.82) is 0 Å². The molecule has 0 saturated carbocycles. The minimum Gasteiger partial charge on any atom is -0.491 e. The first-order valence-electron chi connectivity index (χ1n) is 7.80. The molecule has 2 aliphatic rings. The van der Waals surface area contributed by atoms with Crippen LogP contribution in [-0.2, 0) is 13.6 Å². The summed E-state index contributed by atoms with van der Waals surface area (Å²) in [5.74, 6) is 0.656. The molecule has 1 aromatic rings. The van der Waals surface area contributed by atoms with Gasteiger partial charge in [0.2, 0.25) is 0 Å². The number of ether oxygens (including phenoxy) is 1. The molecule has 2 aliphatic heterocycles. The van der Waals surface area contributed by atoms with Gasteiger partial charge in [-0.05, 0) is 32.0 Å². The van der Waals surface area contributed by atoms with Gasteiger partial charge in [-0.15, -0.1) is 6.58 Å². The van der Waals surface area contributed by atoms with Crippen LogP contribution < -0.4 is 4.74 Å². The molecule has 3 rings (SSSR count). The molecule has 24 heavy (non-hydrogen) atoms. The van der Waals surface area contributed by atoms with Gasteiger partial charge in [-0.3, -0.25) is 9.05 Å². The van der Waals surface area contributed by atoms with Crippen LogP contribution in [0, 0.1) is 5.41 Å². The van der Waals surface area contributed by atoms with Crippen molar-refractivity contribution in [3.63, 3.8) is 0 Å². The molecule has 0 fully saturated rings. The van der Waals surface area contributed by atoms with Gasteiger partial charge >= 0.3 is 7.75 Å². The SMILES string of the molecule is C=CC12COc3cc(Cl)ccc3C1=NN(P(=O)(OCC)OCC)C2. The molecule has 0 spiro atoms. The first kappa shape index (κ1) is 17.5. The van der Waals surface area contributed by atoms with Crippen molar-refractivity contribution in [1.82, 2.24) is 4.78 Å². The van der Waals surface area contributed by atoms with E-state index in [0.29, 0.717) is 23.9 Å². The van der Waals surface area contributed by atoms with Crippen LogP contribution in [0.2, 0.25) is 5.02 Å². The topological polar surface area (TPSA) is 60.4 Å². The van der Waals surface area contributed by atoms with Gasteiger partial charge in [0.1, 0.15) is 12.4 Å². The van der Waals surface area contributed by atoms with Crippen molar-refractivity contribution in [2.24, 2.45) is 10.5 Å². The highest BCUT2D eigenvalue weighted by atomic mass is 35.5. The van der Waals surface area contributed by atoms with E-state index in [1.54, 1.807) is 32.1 Å². The summed E-state index contributed by atoms with van der Waals surface area (Å²) in [4.78, 5) is 0. The maximum absolute atomic E-state index is 13.1. The van der Waals surface area contributed by atoms with Crippen LogP contribution in [0.25, 0.3) is 0 Å². The minimum absolute atomic E-state index is 0.266. The fourth-order valence-electron chi connectivity index (χ4n) is 2.89. The Kier molecular flexibility index (Phi) is 4.76. The molecule has 1 atom stereocenters. The quantitative estimate of drug-likeness (QED) is 0.557. The molecule has 0 bridgehead atoms. The number of hydrogen-bond donors (Lipinski definition) is 0. The minimum atomic E-state index is -3.50. The summed E-state index contributed by atoms with van der Waals surface area (Å²) in [5, 5.41) is 5.16. The van der Waals surface area contributed by atoms with Crippen LogP contribution in [-0.4, -0.2) is 36.9 Å². The average molecular weight is 371 g/mol. The zero-order valence-electron chi connectivity index (χ0n) is 13.7. The molecule has 0 radical (unpaired) electrons. The third-order valence-corrected chi connectivity index (χ3v) is 6.25. The van der Waals surface area contributed by atoms with E-state index in [1.165, 1.54) is 4.78 Å². The van der Waals surface area contributed by atoms with E-state index in [-0.39, 0.29) is 13.2 Å². The number of benzene rings is 1. The highest BCUT2D eigenvalue weighted by molar-refractivity contribution is 7.51. The average Bonchev–Trinajstić information content (AvgIpc) is 2.96. The number of hydrazone groups is 1. The Bertz CT molecular complexity index is 729. The van der Waals surface area contributed by atoms with E-state index >= 15 is 0 Å². The lowest BCUT2D eigenvalue weighted by Crippen LogP contribution is -2.41. The Hall–Kier alpha value is -1.33. The summed E-state index contributed by atoms with van der Waals surface area (Å²) in [6.07, 6.45) is 1.78. The molecule has 8 heteroatoms. The van der Waals surface area contributed by atoms with E-state index < -0.39 is 13.2 Å². The number of nitrogens with zero attached hydrogens (tertiary/aromatic N) is 2. The predicted molar refractivity (Wildman–Crippen MR) is 93.7 cm³/mol. The standard InChI is InChI=1S/C16H20ClN2O4P/c1-4-16-10-19(24(20,22-5-2)23-6-3)18-15(16)13-8-7-12(17)9-14(13)21-11-16/h4,7-9H,1,5-6,10-11H2,2-3H3. The molecule has 1 aromatic carbocycles. The first-order chi connectivity index (χ1) is 11.5. The van der Waals surface area contributed by atoms with Crippen LogP contribution in [0.3, 0.4) is 0 Å². The summed E-state index contributed by atoms with van der Waals surface area (Å²) in [6, 6.07) is 5.38. The van der Waals surface area contributed by atoms with Gasteiger partial charge in [0.05, 0.1) is 30.9 Å². The lowest BCUT2D eigenvalue weighted by molar-refractivity contribution is 0.157. The molecule has 2 heterocycles. The molecule has 0 amide bonds. The van der Waals surface area contributed by atoms with Gasteiger partial charge in [-0.25, -0.2) is 4.57 Å². The third kappa shape index (κ3) is 2.78. The van der Waals surface area contributed by atoms with Crippen molar-refractivity contribution in [2.45, 2.75) is 13.8 Å². The van der Waals surface area contributed by atoms with Crippen molar-refractivity contribution < 1.29 is 18.3 Å². The molecular formula is C16H20ClN2O4P. The maximum Gasteiger partial charge on any atom is 0.450 e. The zero-order chi connectivity index (χ0) is 17.4. The van der Waals surface area contributed by atoms with Crippen LogP contribution >= 0.6 is 19.3 Å². The Labute approximate surface area is 146 Å². The van der Waals surface area contributed by atoms with Crippen LogP contribution in [0.4, 0.5) is 0 Å². The Balaban J connectivity index is 2.06. The molecule has 0 aromatic heterocycles. The first-order valence-corrected chi connectivity index (χ1v) is 9.68. The smallest absolute Gasteiger partial charge is 0.450 e. The van der Waals surface area contributed by atoms with Gasteiger partial charge < -0.3 is 4.74 Å². The Morgan fingerprint density at radius 3 is 2.79 bits per heavy atom. The summed E-state index contributed by atoms with van der Waals surface area (Å²) in [5.41, 5.74) is 0.993. The second kappa shape index (κ2) is 6.52. The summed E-state index contributed by atoms with van der Waals surface area (Å²) < 4.78 is 31.2. The maximum atomic E-state index is 13.1. The number of halogens is 1. The van der Waals surface area contributed by atoms with Gasteiger partial charge in [0, 0.05) is 10.6 Å². The van der Waals surface area contributed by atoms with Crippen LogP contribution in [0.5, 0.6) is 5.75 Å². The van der Waals surface area contributed by atoms with E-state index in [9.17, 15) is 4.57 Å². The zero-order valence-corrected chi connectivity index (χ0v) is 15.3. The van der Waals surface area contributed by atoms with Crippen molar-refractivity contribution >= 4 is 25.1 Å². The highest BCUT2D eigenvalue weighted by Crippen LogP contribution is 2.57. The molecule has 0 N–H and O–H groups in total. The number of rotatable bonds is 6. The number of fused-ring (bicyclic) bond motifs is 3. The van der Waals surface area contributed by atoms with E-state index in [1.807, 2.05) is 6.07 Å². The Morgan fingerprint density at radius 2 is 2.17 bits per heavy atom. The third-order valence-electron chi connectivity index (χ3n) is 4.05. The molecule has 6 nitrogen and oxygen atoms in total. The summed E-state index contributed by atoms with van der Waals surface area (Å²) in [6.45, 7) is 8.67. The molecule has 1 unspecified atom stereocenters.